The molecular formula is C10H18O2. The van der Waals surface area contributed by atoms with E-state index in [1.54, 1.807) is 0 Å². The van der Waals surface area contributed by atoms with Crippen LogP contribution in [0, 0.1) is 0 Å². The Morgan fingerprint density at radius 3 is 2.67 bits per heavy atom. The Morgan fingerprint density at radius 2 is 2.25 bits per heavy atom. The van der Waals surface area contributed by atoms with Crippen LogP contribution in [0.2, 0.25) is 0 Å². The molecule has 0 aliphatic carbocycles. The van der Waals surface area contributed by atoms with E-state index in [-0.39, 0.29) is 5.60 Å². The van der Waals surface area contributed by atoms with E-state index in [1.807, 2.05) is 0 Å². The first-order valence-corrected chi connectivity index (χ1v) is 4.50. The Bertz CT molecular complexity index is 169. The standard InChI is InChI=1S/C10H18O2/c1-4-9(2)5-6-12-10(3)7-11-8-10/h4H,5-8H2,1-3H3. The molecule has 0 aromatic heterocycles. The number of hydrogen-bond donors (Lipinski definition) is 0. The largest absolute Gasteiger partial charge is 0.375 e. The second-order valence-corrected chi connectivity index (χ2v) is 3.68. The zero-order chi connectivity index (χ0) is 9.03. The summed E-state index contributed by atoms with van der Waals surface area (Å²) in [6.07, 6.45) is 3.16. The van der Waals surface area contributed by atoms with Crippen molar-refractivity contribution in [2.24, 2.45) is 0 Å². The minimum atomic E-state index is 0.00796. The van der Waals surface area contributed by atoms with Gasteiger partial charge in [-0.05, 0) is 27.2 Å². The molecule has 70 valence electrons. The smallest absolute Gasteiger partial charge is 0.112 e. The van der Waals surface area contributed by atoms with Gasteiger partial charge in [-0.25, -0.2) is 0 Å². The SMILES string of the molecule is CC=C(C)CCOC1(C)COC1. The van der Waals surface area contributed by atoms with E-state index in [9.17, 15) is 0 Å². The van der Waals surface area contributed by atoms with Crippen LogP contribution in [0.3, 0.4) is 0 Å². The zero-order valence-corrected chi connectivity index (χ0v) is 8.22. The summed E-state index contributed by atoms with van der Waals surface area (Å²) in [6.45, 7) is 8.60. The molecule has 12 heavy (non-hydrogen) atoms. The highest BCUT2D eigenvalue weighted by atomic mass is 16.6. The molecule has 1 rings (SSSR count). The summed E-state index contributed by atoms with van der Waals surface area (Å²) in [6, 6.07) is 0. The molecular weight excluding hydrogens is 152 g/mol. The molecule has 2 heteroatoms. The van der Waals surface area contributed by atoms with Crippen LogP contribution in [0.1, 0.15) is 27.2 Å². The summed E-state index contributed by atoms with van der Waals surface area (Å²) in [5.41, 5.74) is 1.40. The topological polar surface area (TPSA) is 18.5 Å². The number of allylic oxidation sites excluding steroid dienone is 1. The quantitative estimate of drug-likeness (QED) is 0.602. The lowest BCUT2D eigenvalue weighted by atomic mass is 10.1. The van der Waals surface area contributed by atoms with Crippen LogP contribution >= 0.6 is 0 Å². The molecule has 0 unspecified atom stereocenters. The fourth-order valence-corrected chi connectivity index (χ4v) is 1.08. The molecule has 1 fully saturated rings. The van der Waals surface area contributed by atoms with Crippen LogP contribution < -0.4 is 0 Å². The first-order valence-electron chi connectivity index (χ1n) is 4.50. The average molecular weight is 170 g/mol. The van der Waals surface area contributed by atoms with Gasteiger partial charge in [-0.1, -0.05) is 11.6 Å². The Labute approximate surface area is 74.6 Å². The maximum absolute atomic E-state index is 5.67. The predicted molar refractivity (Wildman–Crippen MR) is 49.2 cm³/mol. The molecule has 0 aromatic carbocycles. The highest BCUT2D eigenvalue weighted by Crippen LogP contribution is 2.21. The van der Waals surface area contributed by atoms with Crippen molar-refractivity contribution < 1.29 is 9.47 Å². The molecule has 0 saturated carbocycles. The minimum Gasteiger partial charge on any atom is -0.375 e. The van der Waals surface area contributed by atoms with E-state index < -0.39 is 0 Å². The molecule has 2 nitrogen and oxygen atoms in total. The summed E-state index contributed by atoms with van der Waals surface area (Å²) in [4.78, 5) is 0. The van der Waals surface area contributed by atoms with Gasteiger partial charge in [-0.15, -0.1) is 0 Å². The number of ether oxygens (including phenoxy) is 2. The van der Waals surface area contributed by atoms with Gasteiger partial charge in [0, 0.05) is 0 Å². The highest BCUT2D eigenvalue weighted by molar-refractivity contribution is 4.95. The van der Waals surface area contributed by atoms with Gasteiger partial charge in [-0.2, -0.15) is 0 Å². The Balaban J connectivity index is 2.09. The molecule has 0 N–H and O–H groups in total. The van der Waals surface area contributed by atoms with E-state index >= 15 is 0 Å². The normalized spacial score (nSPS) is 22.1. The lowest BCUT2D eigenvalue weighted by Crippen LogP contribution is -2.49. The lowest BCUT2D eigenvalue weighted by Gasteiger charge is -2.37. The summed E-state index contributed by atoms with van der Waals surface area (Å²) in [5.74, 6) is 0. The van der Waals surface area contributed by atoms with Gasteiger partial charge in [-0.3, -0.25) is 0 Å². The summed E-state index contributed by atoms with van der Waals surface area (Å²) in [5, 5.41) is 0. The van der Waals surface area contributed by atoms with Gasteiger partial charge < -0.3 is 9.47 Å². The monoisotopic (exact) mass is 170 g/mol. The molecule has 1 aliphatic heterocycles. The van der Waals surface area contributed by atoms with Crippen molar-refractivity contribution in [1.82, 2.24) is 0 Å². The van der Waals surface area contributed by atoms with Gasteiger partial charge in [0.15, 0.2) is 0 Å². The third-order valence-electron chi connectivity index (χ3n) is 2.25. The highest BCUT2D eigenvalue weighted by Gasteiger charge is 2.33. The van der Waals surface area contributed by atoms with Crippen molar-refractivity contribution in [3.8, 4) is 0 Å². The van der Waals surface area contributed by atoms with E-state index in [0.717, 1.165) is 26.2 Å². The van der Waals surface area contributed by atoms with E-state index in [1.165, 1.54) is 5.57 Å². The third-order valence-corrected chi connectivity index (χ3v) is 2.25. The van der Waals surface area contributed by atoms with Crippen LogP contribution in [0.4, 0.5) is 0 Å². The third kappa shape index (κ3) is 2.61. The summed E-state index contributed by atoms with van der Waals surface area (Å²) < 4.78 is 10.8. The Morgan fingerprint density at radius 1 is 1.58 bits per heavy atom. The Hall–Kier alpha value is -0.340. The van der Waals surface area contributed by atoms with Gasteiger partial charge in [0.1, 0.15) is 5.60 Å². The van der Waals surface area contributed by atoms with E-state index in [4.69, 9.17) is 9.47 Å². The summed E-state index contributed by atoms with van der Waals surface area (Å²) >= 11 is 0. The predicted octanol–water partition coefficient (Wildman–Crippen LogP) is 2.15. The lowest BCUT2D eigenvalue weighted by molar-refractivity contribution is -0.198. The van der Waals surface area contributed by atoms with E-state index in [0.29, 0.717) is 0 Å². The van der Waals surface area contributed by atoms with Crippen molar-refractivity contribution in [1.29, 1.82) is 0 Å². The van der Waals surface area contributed by atoms with Crippen molar-refractivity contribution in [3.63, 3.8) is 0 Å². The van der Waals surface area contributed by atoms with Crippen LogP contribution in [0.15, 0.2) is 11.6 Å². The minimum absolute atomic E-state index is 0.00796. The Kier molecular flexibility index (Phi) is 3.29. The maximum Gasteiger partial charge on any atom is 0.112 e. The molecule has 0 bridgehead atoms. The average Bonchev–Trinajstić information content (AvgIpc) is 2.01. The molecule has 0 atom stereocenters. The van der Waals surface area contributed by atoms with Crippen molar-refractivity contribution in [2.75, 3.05) is 19.8 Å². The van der Waals surface area contributed by atoms with Crippen LogP contribution in [0.5, 0.6) is 0 Å². The first-order chi connectivity index (χ1) is 5.66. The van der Waals surface area contributed by atoms with Crippen LogP contribution in [-0.2, 0) is 9.47 Å². The molecule has 0 spiro atoms. The van der Waals surface area contributed by atoms with Crippen molar-refractivity contribution >= 4 is 0 Å². The number of rotatable bonds is 4. The first kappa shape index (κ1) is 9.75. The van der Waals surface area contributed by atoms with Crippen LogP contribution in [0.25, 0.3) is 0 Å². The van der Waals surface area contributed by atoms with Gasteiger partial charge in [0.2, 0.25) is 0 Å². The zero-order valence-electron chi connectivity index (χ0n) is 8.22. The molecule has 1 saturated heterocycles. The fraction of sp³-hybridized carbons (Fsp3) is 0.800. The van der Waals surface area contributed by atoms with Crippen molar-refractivity contribution in [3.05, 3.63) is 11.6 Å². The molecule has 1 heterocycles. The van der Waals surface area contributed by atoms with Gasteiger partial charge in [0.05, 0.1) is 19.8 Å². The number of hydrogen-bond acceptors (Lipinski definition) is 2. The van der Waals surface area contributed by atoms with E-state index in [2.05, 4.69) is 26.8 Å². The molecule has 0 aromatic rings. The second-order valence-electron chi connectivity index (χ2n) is 3.68. The summed E-state index contributed by atoms with van der Waals surface area (Å²) in [7, 11) is 0. The van der Waals surface area contributed by atoms with Gasteiger partial charge >= 0.3 is 0 Å². The maximum atomic E-state index is 5.67. The van der Waals surface area contributed by atoms with Crippen LogP contribution in [-0.4, -0.2) is 25.4 Å². The fourth-order valence-electron chi connectivity index (χ4n) is 1.08. The molecule has 0 radical (unpaired) electrons. The van der Waals surface area contributed by atoms with Crippen molar-refractivity contribution in [2.45, 2.75) is 32.8 Å². The second kappa shape index (κ2) is 4.06. The molecule has 1 aliphatic rings. The van der Waals surface area contributed by atoms with Gasteiger partial charge in [0.25, 0.3) is 0 Å². The molecule has 0 amide bonds.